The second-order valence-corrected chi connectivity index (χ2v) is 8.64. The predicted molar refractivity (Wildman–Crippen MR) is 78.5 cm³/mol. The molecule has 0 aliphatic carbocycles. The standard InChI is InChI=1S/C13H26N2O4S/c1-10(15-12(16)19-13(2,3)4)8-14-11-6-5-7-20(17,18)9-11/h10-11,14H,5-9H2,1-4H3,(H,15,16). The minimum Gasteiger partial charge on any atom is -0.444 e. The number of rotatable bonds is 4. The van der Waals surface area contributed by atoms with Crippen LogP contribution in [0.15, 0.2) is 0 Å². The molecule has 118 valence electrons. The summed E-state index contributed by atoms with van der Waals surface area (Å²) in [6, 6.07) is -0.133. The van der Waals surface area contributed by atoms with Crippen LogP contribution in [0.4, 0.5) is 4.79 Å². The maximum Gasteiger partial charge on any atom is 0.407 e. The van der Waals surface area contributed by atoms with Crippen molar-refractivity contribution in [1.82, 2.24) is 10.6 Å². The smallest absolute Gasteiger partial charge is 0.407 e. The van der Waals surface area contributed by atoms with Crippen LogP contribution in [-0.4, -0.2) is 50.2 Å². The van der Waals surface area contributed by atoms with Gasteiger partial charge in [0.2, 0.25) is 0 Å². The minimum absolute atomic E-state index is 0.0170. The molecule has 1 aliphatic heterocycles. The van der Waals surface area contributed by atoms with E-state index in [9.17, 15) is 13.2 Å². The summed E-state index contributed by atoms with van der Waals surface area (Å²) in [5, 5.41) is 5.92. The van der Waals surface area contributed by atoms with Gasteiger partial charge in [-0.1, -0.05) is 0 Å². The Kier molecular flexibility index (Phi) is 5.82. The lowest BCUT2D eigenvalue weighted by Gasteiger charge is -2.26. The van der Waals surface area contributed by atoms with Crippen LogP contribution in [0.5, 0.6) is 0 Å². The molecule has 2 N–H and O–H groups in total. The first-order chi connectivity index (χ1) is 9.07. The van der Waals surface area contributed by atoms with Gasteiger partial charge < -0.3 is 15.4 Å². The van der Waals surface area contributed by atoms with E-state index in [4.69, 9.17) is 4.74 Å². The summed E-state index contributed by atoms with van der Waals surface area (Å²) < 4.78 is 28.2. The van der Waals surface area contributed by atoms with E-state index in [1.807, 2.05) is 27.7 Å². The Morgan fingerprint density at radius 2 is 2.05 bits per heavy atom. The van der Waals surface area contributed by atoms with Gasteiger partial charge in [0.05, 0.1) is 11.5 Å². The maximum absolute atomic E-state index is 11.6. The molecule has 1 amide bonds. The largest absolute Gasteiger partial charge is 0.444 e. The number of ether oxygens (including phenoxy) is 1. The van der Waals surface area contributed by atoms with Gasteiger partial charge in [-0.3, -0.25) is 0 Å². The molecule has 20 heavy (non-hydrogen) atoms. The zero-order chi connectivity index (χ0) is 15.4. The molecule has 0 saturated carbocycles. The van der Waals surface area contributed by atoms with E-state index in [0.717, 1.165) is 6.42 Å². The first kappa shape index (κ1) is 17.2. The molecule has 2 atom stereocenters. The number of carbonyl (C=O) groups is 1. The molecule has 6 nitrogen and oxygen atoms in total. The third-order valence-corrected chi connectivity index (χ3v) is 4.76. The first-order valence-corrected chi connectivity index (χ1v) is 8.83. The van der Waals surface area contributed by atoms with Crippen molar-refractivity contribution in [1.29, 1.82) is 0 Å². The highest BCUT2D eigenvalue weighted by Gasteiger charge is 2.25. The molecule has 0 radical (unpaired) electrons. The van der Waals surface area contributed by atoms with Crippen LogP contribution >= 0.6 is 0 Å². The van der Waals surface area contributed by atoms with Gasteiger partial charge >= 0.3 is 6.09 Å². The summed E-state index contributed by atoms with van der Waals surface area (Å²) in [4.78, 5) is 11.6. The van der Waals surface area contributed by atoms with Gasteiger partial charge in [0.25, 0.3) is 0 Å². The minimum atomic E-state index is -2.90. The van der Waals surface area contributed by atoms with Gasteiger partial charge in [-0.2, -0.15) is 0 Å². The Morgan fingerprint density at radius 1 is 1.40 bits per heavy atom. The molecule has 0 aromatic rings. The molecule has 1 heterocycles. The quantitative estimate of drug-likeness (QED) is 0.811. The number of hydrogen-bond donors (Lipinski definition) is 2. The molecule has 1 fully saturated rings. The maximum atomic E-state index is 11.6. The summed E-state index contributed by atoms with van der Waals surface area (Å²) in [5.41, 5.74) is -0.519. The van der Waals surface area contributed by atoms with Gasteiger partial charge in [-0.15, -0.1) is 0 Å². The SMILES string of the molecule is CC(CNC1CCCS(=O)(=O)C1)NC(=O)OC(C)(C)C. The number of alkyl carbamates (subject to hydrolysis) is 1. The van der Waals surface area contributed by atoms with Crippen molar-refractivity contribution in [3.8, 4) is 0 Å². The fraction of sp³-hybridized carbons (Fsp3) is 0.923. The Bertz CT molecular complexity index is 428. The Balaban J connectivity index is 2.29. The van der Waals surface area contributed by atoms with Crippen LogP contribution in [0.2, 0.25) is 0 Å². The highest BCUT2D eigenvalue weighted by molar-refractivity contribution is 7.91. The van der Waals surface area contributed by atoms with Crippen molar-refractivity contribution in [2.75, 3.05) is 18.1 Å². The lowest BCUT2D eigenvalue weighted by Crippen LogP contribution is -2.47. The molecule has 2 unspecified atom stereocenters. The highest BCUT2D eigenvalue weighted by atomic mass is 32.2. The molecule has 0 aromatic heterocycles. The van der Waals surface area contributed by atoms with E-state index in [2.05, 4.69) is 10.6 Å². The normalized spacial score (nSPS) is 23.9. The van der Waals surface area contributed by atoms with Crippen molar-refractivity contribution >= 4 is 15.9 Å². The van der Waals surface area contributed by atoms with E-state index in [0.29, 0.717) is 13.0 Å². The van der Waals surface area contributed by atoms with Crippen LogP contribution in [0.1, 0.15) is 40.5 Å². The number of carbonyl (C=O) groups excluding carboxylic acids is 1. The van der Waals surface area contributed by atoms with E-state index in [1.165, 1.54) is 0 Å². The van der Waals surface area contributed by atoms with Gasteiger partial charge in [0.15, 0.2) is 9.84 Å². The zero-order valence-corrected chi connectivity index (χ0v) is 13.5. The number of amides is 1. The Labute approximate surface area is 121 Å². The molecular formula is C13H26N2O4S. The fourth-order valence-corrected chi connectivity index (χ4v) is 3.76. The van der Waals surface area contributed by atoms with E-state index in [1.54, 1.807) is 0 Å². The molecule has 7 heteroatoms. The summed E-state index contributed by atoms with van der Waals surface area (Å²) >= 11 is 0. The number of sulfone groups is 1. The molecule has 1 rings (SSSR count). The van der Waals surface area contributed by atoms with Gasteiger partial charge in [0, 0.05) is 18.6 Å². The summed E-state index contributed by atoms with van der Waals surface area (Å²) in [7, 11) is -2.90. The van der Waals surface area contributed by atoms with Crippen LogP contribution < -0.4 is 10.6 Å². The number of hydrogen-bond acceptors (Lipinski definition) is 5. The Hall–Kier alpha value is -0.820. The first-order valence-electron chi connectivity index (χ1n) is 7.01. The molecule has 0 spiro atoms. The van der Waals surface area contributed by atoms with Crippen LogP contribution in [-0.2, 0) is 14.6 Å². The topological polar surface area (TPSA) is 84.5 Å². The molecule has 0 bridgehead atoms. The van der Waals surface area contributed by atoms with Gasteiger partial charge in [0.1, 0.15) is 5.60 Å². The average molecular weight is 306 g/mol. The van der Waals surface area contributed by atoms with Crippen molar-refractivity contribution in [3.05, 3.63) is 0 Å². The zero-order valence-electron chi connectivity index (χ0n) is 12.7. The number of nitrogens with one attached hydrogen (secondary N) is 2. The van der Waals surface area contributed by atoms with E-state index >= 15 is 0 Å². The molecular weight excluding hydrogens is 280 g/mol. The predicted octanol–water partition coefficient (Wildman–Crippen LogP) is 1.07. The van der Waals surface area contributed by atoms with Crippen molar-refractivity contribution in [2.45, 2.75) is 58.2 Å². The summed E-state index contributed by atoms with van der Waals surface area (Å²) in [5.74, 6) is 0.475. The third kappa shape index (κ3) is 7.09. The average Bonchev–Trinajstić information content (AvgIpc) is 2.22. The molecule has 1 aliphatic rings. The summed E-state index contributed by atoms with van der Waals surface area (Å²) in [6.45, 7) is 7.81. The second-order valence-electron chi connectivity index (χ2n) is 6.41. The monoisotopic (exact) mass is 306 g/mol. The highest BCUT2D eigenvalue weighted by Crippen LogP contribution is 2.12. The van der Waals surface area contributed by atoms with E-state index in [-0.39, 0.29) is 23.6 Å². The fourth-order valence-electron chi connectivity index (χ4n) is 2.09. The van der Waals surface area contributed by atoms with E-state index < -0.39 is 21.5 Å². The second kappa shape index (κ2) is 6.76. The van der Waals surface area contributed by atoms with Crippen LogP contribution in [0.3, 0.4) is 0 Å². The van der Waals surface area contributed by atoms with Crippen LogP contribution in [0, 0.1) is 0 Å². The van der Waals surface area contributed by atoms with Gasteiger partial charge in [-0.25, -0.2) is 13.2 Å². The van der Waals surface area contributed by atoms with Crippen molar-refractivity contribution < 1.29 is 17.9 Å². The lowest BCUT2D eigenvalue weighted by molar-refractivity contribution is 0.0507. The third-order valence-electron chi connectivity index (χ3n) is 2.94. The Morgan fingerprint density at radius 3 is 2.60 bits per heavy atom. The van der Waals surface area contributed by atoms with Gasteiger partial charge in [-0.05, 0) is 40.5 Å². The van der Waals surface area contributed by atoms with Crippen molar-refractivity contribution in [3.63, 3.8) is 0 Å². The van der Waals surface area contributed by atoms with Crippen LogP contribution in [0.25, 0.3) is 0 Å². The molecule has 0 aromatic carbocycles. The lowest BCUT2D eigenvalue weighted by atomic mass is 10.2. The summed E-state index contributed by atoms with van der Waals surface area (Å²) in [6.07, 6.45) is 1.11. The van der Waals surface area contributed by atoms with Crippen molar-refractivity contribution in [2.24, 2.45) is 0 Å². The molecule has 1 saturated heterocycles.